The quantitative estimate of drug-likeness (QED) is 0.840. The van der Waals surface area contributed by atoms with Gasteiger partial charge in [0, 0.05) is 18.7 Å². The summed E-state index contributed by atoms with van der Waals surface area (Å²) in [6.45, 7) is 3.80. The molecule has 1 aromatic carbocycles. The van der Waals surface area contributed by atoms with E-state index in [0.717, 1.165) is 0 Å². The molecule has 0 amide bonds. The lowest BCUT2D eigenvalue weighted by atomic mass is 10.1. The molecular formula is C12H17FO3. The lowest BCUT2D eigenvalue weighted by molar-refractivity contribution is 0.0917. The molecule has 0 aliphatic heterocycles. The van der Waals surface area contributed by atoms with Crippen LogP contribution in [0.2, 0.25) is 0 Å². The van der Waals surface area contributed by atoms with Crippen molar-refractivity contribution >= 4 is 0 Å². The van der Waals surface area contributed by atoms with Crippen LogP contribution in [0.1, 0.15) is 25.5 Å². The van der Waals surface area contributed by atoms with Gasteiger partial charge in [-0.1, -0.05) is 0 Å². The minimum Gasteiger partial charge on any atom is -0.488 e. The van der Waals surface area contributed by atoms with Gasteiger partial charge in [-0.3, -0.25) is 0 Å². The fourth-order valence-electron chi connectivity index (χ4n) is 1.42. The number of rotatable bonds is 5. The third kappa shape index (κ3) is 3.47. The first-order valence-electron chi connectivity index (χ1n) is 5.17. The Kier molecular flexibility index (Phi) is 4.71. The summed E-state index contributed by atoms with van der Waals surface area (Å²) in [6.07, 6.45) is -0.952. The monoisotopic (exact) mass is 228 g/mol. The Hall–Kier alpha value is -1.13. The van der Waals surface area contributed by atoms with Crippen molar-refractivity contribution < 1.29 is 19.0 Å². The van der Waals surface area contributed by atoms with Crippen LogP contribution in [0.3, 0.4) is 0 Å². The number of hydrogen-bond donors (Lipinski definition) is 1. The van der Waals surface area contributed by atoms with Gasteiger partial charge in [0.2, 0.25) is 0 Å². The maximum absolute atomic E-state index is 13.5. The summed E-state index contributed by atoms with van der Waals surface area (Å²) >= 11 is 0. The summed E-state index contributed by atoms with van der Waals surface area (Å²) in [5.74, 6) is -0.0245. The first kappa shape index (κ1) is 12.9. The molecule has 90 valence electrons. The Balaban J connectivity index is 2.73. The fourth-order valence-corrected chi connectivity index (χ4v) is 1.42. The third-order valence-electron chi connectivity index (χ3n) is 2.16. The predicted molar refractivity (Wildman–Crippen MR) is 59.0 cm³/mol. The van der Waals surface area contributed by atoms with Crippen LogP contribution in [-0.2, 0) is 4.74 Å². The highest BCUT2D eigenvalue weighted by molar-refractivity contribution is 5.30. The standard InChI is InChI=1S/C12H17FO3/c1-8(7-15-3)16-10-4-5-11(9(2)14)12(13)6-10/h4-6,8-9,14H,7H2,1-3H3/t8?,9-/m0/s1. The maximum atomic E-state index is 13.5. The molecule has 0 saturated carbocycles. The predicted octanol–water partition coefficient (Wildman–Crippen LogP) is 2.29. The number of aliphatic hydroxyl groups excluding tert-OH is 1. The normalized spacial score (nSPS) is 14.6. The molecule has 0 bridgehead atoms. The van der Waals surface area contributed by atoms with Crippen molar-refractivity contribution in [3.05, 3.63) is 29.6 Å². The molecule has 1 aromatic rings. The summed E-state index contributed by atoms with van der Waals surface area (Å²) in [4.78, 5) is 0. The van der Waals surface area contributed by atoms with E-state index in [2.05, 4.69) is 0 Å². The number of aliphatic hydroxyl groups is 1. The highest BCUT2D eigenvalue weighted by Crippen LogP contribution is 2.22. The second-order valence-corrected chi connectivity index (χ2v) is 3.74. The number of hydrogen-bond acceptors (Lipinski definition) is 3. The molecule has 0 aromatic heterocycles. The topological polar surface area (TPSA) is 38.7 Å². The lowest BCUT2D eigenvalue weighted by Crippen LogP contribution is -2.18. The molecule has 1 unspecified atom stereocenters. The van der Waals surface area contributed by atoms with Crippen LogP contribution in [0.4, 0.5) is 4.39 Å². The molecule has 0 aliphatic rings. The van der Waals surface area contributed by atoms with E-state index in [4.69, 9.17) is 9.47 Å². The van der Waals surface area contributed by atoms with E-state index in [-0.39, 0.29) is 11.7 Å². The number of methoxy groups -OCH3 is 1. The molecule has 0 fully saturated rings. The zero-order valence-corrected chi connectivity index (χ0v) is 9.74. The second-order valence-electron chi connectivity index (χ2n) is 3.74. The van der Waals surface area contributed by atoms with Crippen molar-refractivity contribution in [3.63, 3.8) is 0 Å². The average Bonchev–Trinajstić information content (AvgIpc) is 2.17. The van der Waals surface area contributed by atoms with E-state index < -0.39 is 11.9 Å². The summed E-state index contributed by atoms with van der Waals surface area (Å²) in [5.41, 5.74) is 0.270. The van der Waals surface area contributed by atoms with Crippen LogP contribution in [0.5, 0.6) is 5.75 Å². The van der Waals surface area contributed by atoms with Crippen LogP contribution in [0.25, 0.3) is 0 Å². The molecule has 0 spiro atoms. The van der Waals surface area contributed by atoms with Crippen molar-refractivity contribution in [2.24, 2.45) is 0 Å². The van der Waals surface area contributed by atoms with Gasteiger partial charge in [-0.05, 0) is 26.0 Å². The molecule has 16 heavy (non-hydrogen) atoms. The van der Waals surface area contributed by atoms with Gasteiger partial charge in [-0.15, -0.1) is 0 Å². The Bertz CT molecular complexity index is 339. The molecule has 0 aliphatic carbocycles. The van der Waals surface area contributed by atoms with Crippen LogP contribution in [-0.4, -0.2) is 24.9 Å². The smallest absolute Gasteiger partial charge is 0.132 e. The van der Waals surface area contributed by atoms with Crippen molar-refractivity contribution in [1.82, 2.24) is 0 Å². The highest BCUT2D eigenvalue weighted by Gasteiger charge is 2.10. The van der Waals surface area contributed by atoms with Crippen molar-refractivity contribution in [3.8, 4) is 5.75 Å². The first-order valence-corrected chi connectivity index (χ1v) is 5.17. The van der Waals surface area contributed by atoms with E-state index >= 15 is 0 Å². The number of ether oxygens (including phenoxy) is 2. The van der Waals surface area contributed by atoms with Crippen LogP contribution < -0.4 is 4.74 Å². The van der Waals surface area contributed by atoms with Crippen molar-refractivity contribution in [1.29, 1.82) is 0 Å². The van der Waals surface area contributed by atoms with Gasteiger partial charge in [0.15, 0.2) is 0 Å². The van der Waals surface area contributed by atoms with E-state index in [1.165, 1.54) is 19.1 Å². The summed E-state index contributed by atoms with van der Waals surface area (Å²) in [5, 5.41) is 9.26. The van der Waals surface area contributed by atoms with Crippen molar-refractivity contribution in [2.75, 3.05) is 13.7 Å². The molecule has 1 N–H and O–H groups in total. The largest absolute Gasteiger partial charge is 0.488 e. The minimum absolute atomic E-state index is 0.137. The van der Waals surface area contributed by atoms with Gasteiger partial charge >= 0.3 is 0 Å². The average molecular weight is 228 g/mol. The summed E-state index contributed by atoms with van der Waals surface area (Å²) < 4.78 is 23.8. The Morgan fingerprint density at radius 1 is 1.38 bits per heavy atom. The van der Waals surface area contributed by atoms with Crippen LogP contribution >= 0.6 is 0 Å². The second kappa shape index (κ2) is 5.82. The van der Waals surface area contributed by atoms with Crippen molar-refractivity contribution in [2.45, 2.75) is 26.1 Å². The van der Waals surface area contributed by atoms with Gasteiger partial charge in [-0.25, -0.2) is 4.39 Å². The molecule has 4 heteroatoms. The van der Waals surface area contributed by atoms with Crippen LogP contribution in [0.15, 0.2) is 18.2 Å². The van der Waals surface area contributed by atoms with Crippen LogP contribution in [0, 0.1) is 5.82 Å². The van der Waals surface area contributed by atoms with Gasteiger partial charge in [-0.2, -0.15) is 0 Å². The van der Waals surface area contributed by atoms with E-state index in [1.54, 1.807) is 13.2 Å². The fraction of sp³-hybridized carbons (Fsp3) is 0.500. The highest BCUT2D eigenvalue weighted by atomic mass is 19.1. The molecule has 0 heterocycles. The molecule has 0 saturated heterocycles. The maximum Gasteiger partial charge on any atom is 0.132 e. The minimum atomic E-state index is -0.814. The summed E-state index contributed by atoms with van der Waals surface area (Å²) in [6, 6.07) is 4.43. The van der Waals surface area contributed by atoms with Gasteiger partial charge in [0.1, 0.15) is 17.7 Å². The number of benzene rings is 1. The van der Waals surface area contributed by atoms with E-state index in [1.807, 2.05) is 6.92 Å². The molecule has 0 radical (unpaired) electrons. The third-order valence-corrected chi connectivity index (χ3v) is 2.16. The Labute approximate surface area is 94.8 Å². The van der Waals surface area contributed by atoms with Gasteiger partial charge in [0.25, 0.3) is 0 Å². The zero-order chi connectivity index (χ0) is 12.1. The van der Waals surface area contributed by atoms with E-state index in [0.29, 0.717) is 12.4 Å². The lowest BCUT2D eigenvalue weighted by Gasteiger charge is -2.14. The van der Waals surface area contributed by atoms with Gasteiger partial charge < -0.3 is 14.6 Å². The molecule has 2 atom stereocenters. The Morgan fingerprint density at radius 2 is 2.06 bits per heavy atom. The molecular weight excluding hydrogens is 211 g/mol. The zero-order valence-electron chi connectivity index (χ0n) is 9.74. The molecule has 3 nitrogen and oxygen atoms in total. The van der Waals surface area contributed by atoms with E-state index in [9.17, 15) is 9.50 Å². The summed E-state index contributed by atoms with van der Waals surface area (Å²) in [7, 11) is 1.58. The van der Waals surface area contributed by atoms with Gasteiger partial charge in [0.05, 0.1) is 12.7 Å². The molecule has 1 rings (SSSR count). The Morgan fingerprint density at radius 3 is 2.56 bits per heavy atom. The number of halogens is 1. The first-order chi connectivity index (χ1) is 7.54. The SMILES string of the molecule is COCC(C)Oc1ccc([C@H](C)O)c(F)c1.